The van der Waals surface area contributed by atoms with Crippen molar-refractivity contribution >= 4 is 82.9 Å². The van der Waals surface area contributed by atoms with Crippen LogP contribution in [0.25, 0.3) is 133 Å². The molecule has 0 unspecified atom stereocenters. The maximum absolute atomic E-state index is 7.09. The van der Waals surface area contributed by atoms with E-state index < -0.39 is 16.2 Å². The lowest BCUT2D eigenvalue weighted by Gasteiger charge is -2.33. The van der Waals surface area contributed by atoms with Crippen LogP contribution in [-0.4, -0.2) is 0 Å². The summed E-state index contributed by atoms with van der Waals surface area (Å²) in [4.78, 5) is 2.51. The lowest BCUT2D eigenvalue weighted by Crippen LogP contribution is -2.27. The number of benzene rings is 14. The summed E-state index contributed by atoms with van der Waals surface area (Å²) in [7, 11) is 0. The van der Waals surface area contributed by atoms with Gasteiger partial charge in [-0.15, -0.1) is 0 Å². The summed E-state index contributed by atoms with van der Waals surface area (Å²) in [6, 6.07) is 105. The number of anilines is 3. The van der Waals surface area contributed by atoms with E-state index in [1.165, 1.54) is 122 Å². The van der Waals surface area contributed by atoms with E-state index in [-0.39, 0.29) is 0 Å². The van der Waals surface area contributed by atoms with Crippen LogP contribution in [0.4, 0.5) is 17.1 Å². The Morgan fingerprint density at radius 3 is 1.31 bits per heavy atom. The number of para-hydroxylation sites is 3. The Bertz CT molecular complexity index is 6210. The Kier molecular flexibility index (Phi) is 9.57. The van der Waals surface area contributed by atoms with Crippen LogP contribution in [0.15, 0.2) is 292 Å². The average molecular weight is 1200 g/mol. The molecule has 0 atom stereocenters. The SMILES string of the molecule is Cc1ccc(N(c2ccc3c(c2)C(C)(C)c2cc(-c4cccc5oc6ccccc6c45)c4oc5ccccc5c4c2-3)c2ccc3c(c2)C2(c4ccccc4-c4ccccc42)c2cc4c(cc2-3)C2(c3ccccc3-c3ccccc32)c2ccc3oc5ccccc5c3c2-4)cc1. The van der Waals surface area contributed by atoms with Crippen molar-refractivity contribution in [2.45, 2.75) is 37.0 Å². The van der Waals surface area contributed by atoms with Crippen molar-refractivity contribution in [3.63, 3.8) is 0 Å². The molecule has 0 saturated heterocycles. The van der Waals surface area contributed by atoms with Gasteiger partial charge in [0.25, 0.3) is 0 Å². The number of furan rings is 3. The van der Waals surface area contributed by atoms with Crippen molar-refractivity contribution in [2.75, 3.05) is 4.90 Å². The van der Waals surface area contributed by atoms with E-state index in [1.807, 2.05) is 6.07 Å². The summed E-state index contributed by atoms with van der Waals surface area (Å²) < 4.78 is 20.5. The molecule has 0 saturated carbocycles. The number of aryl methyl sites for hydroxylation is 1. The highest BCUT2D eigenvalue weighted by atomic mass is 16.3. The van der Waals surface area contributed by atoms with Gasteiger partial charge in [0.05, 0.1) is 10.8 Å². The predicted octanol–water partition coefficient (Wildman–Crippen LogP) is 23.8. The molecule has 0 N–H and O–H groups in total. The van der Waals surface area contributed by atoms with E-state index in [1.54, 1.807) is 0 Å². The van der Waals surface area contributed by atoms with Gasteiger partial charge in [0.15, 0.2) is 0 Å². The van der Waals surface area contributed by atoms with Crippen molar-refractivity contribution in [2.24, 2.45) is 0 Å². The Morgan fingerprint density at radius 1 is 0.255 bits per heavy atom. The van der Waals surface area contributed by atoms with Crippen LogP contribution in [0, 0.1) is 6.92 Å². The Hall–Kier alpha value is -11.7. The predicted molar refractivity (Wildman–Crippen MR) is 383 cm³/mol. The first kappa shape index (κ1) is 51.0. The normalized spacial score (nSPS) is 14.8. The number of rotatable bonds is 4. The molecular weight excluding hydrogens is 1140 g/mol. The summed E-state index contributed by atoms with van der Waals surface area (Å²) in [5.41, 5.74) is 35.9. The van der Waals surface area contributed by atoms with Gasteiger partial charge < -0.3 is 18.2 Å². The molecule has 0 amide bonds. The number of nitrogens with zero attached hydrogens (tertiary/aromatic N) is 1. The van der Waals surface area contributed by atoms with Crippen LogP contribution >= 0.6 is 0 Å². The molecule has 17 aromatic rings. The van der Waals surface area contributed by atoms with E-state index in [0.717, 1.165) is 88.6 Å². The third kappa shape index (κ3) is 6.07. The molecule has 3 heterocycles. The van der Waals surface area contributed by atoms with Crippen LogP contribution in [0.3, 0.4) is 0 Å². The maximum Gasteiger partial charge on any atom is 0.143 e. The Labute approximate surface area is 541 Å². The van der Waals surface area contributed by atoms with E-state index in [2.05, 4.69) is 299 Å². The molecular formula is C90H55NO3. The molecule has 14 aromatic carbocycles. The van der Waals surface area contributed by atoms with E-state index >= 15 is 0 Å². The van der Waals surface area contributed by atoms with Gasteiger partial charge in [-0.05, 0) is 209 Å². The zero-order valence-electron chi connectivity index (χ0n) is 51.7. The summed E-state index contributed by atoms with van der Waals surface area (Å²) in [6.07, 6.45) is 0. The topological polar surface area (TPSA) is 42.7 Å². The molecule has 94 heavy (non-hydrogen) atoms. The van der Waals surface area contributed by atoms with Crippen LogP contribution in [0.2, 0.25) is 0 Å². The molecule has 0 fully saturated rings. The van der Waals surface area contributed by atoms with Crippen LogP contribution in [0.5, 0.6) is 0 Å². The van der Waals surface area contributed by atoms with Gasteiger partial charge >= 0.3 is 0 Å². The van der Waals surface area contributed by atoms with Crippen molar-refractivity contribution in [1.29, 1.82) is 0 Å². The van der Waals surface area contributed by atoms with Crippen molar-refractivity contribution in [3.05, 3.63) is 340 Å². The van der Waals surface area contributed by atoms with Gasteiger partial charge in [0, 0.05) is 60.4 Å². The third-order valence-corrected chi connectivity index (χ3v) is 22.6. The second kappa shape index (κ2) is 17.6. The first-order valence-corrected chi connectivity index (χ1v) is 32.9. The van der Waals surface area contributed by atoms with Gasteiger partial charge in [-0.3, -0.25) is 0 Å². The zero-order valence-corrected chi connectivity index (χ0v) is 51.7. The number of hydrogen-bond donors (Lipinski definition) is 0. The van der Waals surface area contributed by atoms with Crippen LogP contribution < -0.4 is 4.90 Å². The second-order valence-electron chi connectivity index (χ2n) is 27.3. The molecule has 5 aliphatic rings. The highest BCUT2D eigenvalue weighted by Crippen LogP contribution is 2.70. The minimum Gasteiger partial charge on any atom is -0.456 e. The van der Waals surface area contributed by atoms with Crippen molar-refractivity contribution in [3.8, 4) is 66.8 Å². The molecule has 4 heteroatoms. The fraction of sp³-hybridized carbons (Fsp3) is 0.0667. The van der Waals surface area contributed by atoms with Gasteiger partial charge in [-0.1, -0.05) is 214 Å². The number of fused-ring (bicyclic) bond motifs is 34. The highest BCUT2D eigenvalue weighted by Gasteiger charge is 2.57. The molecule has 0 aliphatic heterocycles. The first-order valence-electron chi connectivity index (χ1n) is 32.9. The van der Waals surface area contributed by atoms with E-state index in [0.29, 0.717) is 0 Å². The van der Waals surface area contributed by atoms with Crippen LogP contribution in [-0.2, 0) is 16.2 Å². The highest BCUT2D eigenvalue weighted by molar-refractivity contribution is 6.23. The summed E-state index contributed by atoms with van der Waals surface area (Å²) >= 11 is 0. The molecule has 4 nitrogen and oxygen atoms in total. The Balaban J connectivity index is 0.791. The molecule has 5 aliphatic carbocycles. The first-order chi connectivity index (χ1) is 46.3. The fourth-order valence-corrected chi connectivity index (χ4v) is 18.8. The smallest absolute Gasteiger partial charge is 0.143 e. The van der Waals surface area contributed by atoms with Crippen molar-refractivity contribution in [1.82, 2.24) is 0 Å². The third-order valence-electron chi connectivity index (χ3n) is 22.6. The summed E-state index contributed by atoms with van der Waals surface area (Å²) in [5.74, 6) is 0. The van der Waals surface area contributed by atoms with Gasteiger partial charge in [-0.25, -0.2) is 0 Å². The van der Waals surface area contributed by atoms with Crippen molar-refractivity contribution < 1.29 is 13.3 Å². The minimum absolute atomic E-state index is 0.417. The second-order valence-corrected chi connectivity index (χ2v) is 27.3. The van der Waals surface area contributed by atoms with E-state index in [4.69, 9.17) is 13.3 Å². The average Bonchev–Trinajstić information content (AvgIpc) is 1.48. The quantitative estimate of drug-likeness (QED) is 0.176. The zero-order chi connectivity index (χ0) is 61.7. The Morgan fingerprint density at radius 2 is 0.681 bits per heavy atom. The van der Waals surface area contributed by atoms with E-state index in [9.17, 15) is 0 Å². The minimum atomic E-state index is -0.680. The van der Waals surface area contributed by atoms with Gasteiger partial charge in [0.2, 0.25) is 0 Å². The molecule has 2 spiro atoms. The van der Waals surface area contributed by atoms with Crippen LogP contribution in [0.1, 0.15) is 75.0 Å². The standard InChI is InChI=1S/C90H55NO3/c1-50-35-37-51(38-36-50)91(52-40-42-60-72(45-52)88(2,3)76-48-65(87-86(83(60)76)63-25-10-17-33-79(63)94-87)59-26-18-34-80-82(59)61-23-8-15-31-77(61)92-80)53-39-41-58-64-47-75-66(49-74(64)90(73(58)46-53)69-29-13-6-21-56(69)57-22-7-14-30-70(57)90)84-71(43-44-81-85(84)62-24-9-16-32-78(62)93-81)89(75)67-27-11-4-19-54(67)55-20-5-12-28-68(55)89/h4-49H,1-3H3. The number of hydrogen-bond acceptors (Lipinski definition) is 4. The lowest BCUT2D eigenvalue weighted by atomic mass is 9.68. The lowest BCUT2D eigenvalue weighted by molar-refractivity contribution is 0.657. The van der Waals surface area contributed by atoms with Gasteiger partial charge in [-0.2, -0.15) is 0 Å². The molecule has 3 aromatic heterocycles. The molecule has 0 bridgehead atoms. The largest absolute Gasteiger partial charge is 0.456 e. The molecule has 438 valence electrons. The van der Waals surface area contributed by atoms with Gasteiger partial charge in [0.1, 0.15) is 33.5 Å². The molecule has 0 radical (unpaired) electrons. The summed E-state index contributed by atoms with van der Waals surface area (Å²) in [5, 5.41) is 6.76. The monoisotopic (exact) mass is 1200 g/mol. The fourth-order valence-electron chi connectivity index (χ4n) is 18.8. The summed E-state index contributed by atoms with van der Waals surface area (Å²) in [6.45, 7) is 7.01. The maximum atomic E-state index is 7.09. The molecule has 22 rings (SSSR count).